The van der Waals surface area contributed by atoms with Crippen molar-refractivity contribution in [2.45, 2.75) is 26.8 Å². The molecule has 1 fully saturated rings. The van der Waals surface area contributed by atoms with Gasteiger partial charge in [-0.05, 0) is 19.8 Å². The molecule has 0 bridgehead atoms. The molecular formula is C13H23N3O4. The molecule has 3 amide bonds. The first-order valence-corrected chi connectivity index (χ1v) is 6.74. The average molecular weight is 285 g/mol. The van der Waals surface area contributed by atoms with Crippen LogP contribution in [0.2, 0.25) is 0 Å². The summed E-state index contributed by atoms with van der Waals surface area (Å²) in [5.41, 5.74) is 0. The molecular weight excluding hydrogens is 262 g/mol. The van der Waals surface area contributed by atoms with E-state index in [9.17, 15) is 14.4 Å². The van der Waals surface area contributed by atoms with Gasteiger partial charge in [-0.25, -0.2) is 4.79 Å². The van der Waals surface area contributed by atoms with Crippen LogP contribution in [0.4, 0.5) is 4.79 Å². The van der Waals surface area contributed by atoms with Crippen molar-refractivity contribution in [2.24, 2.45) is 11.8 Å². The van der Waals surface area contributed by atoms with Crippen molar-refractivity contribution >= 4 is 17.9 Å². The van der Waals surface area contributed by atoms with Crippen molar-refractivity contribution in [2.75, 3.05) is 26.7 Å². The second kappa shape index (κ2) is 7.23. The summed E-state index contributed by atoms with van der Waals surface area (Å²) >= 11 is 0. The van der Waals surface area contributed by atoms with Crippen molar-refractivity contribution in [1.29, 1.82) is 0 Å². The Morgan fingerprint density at radius 3 is 2.50 bits per heavy atom. The first kappa shape index (κ1) is 16.4. The van der Waals surface area contributed by atoms with Crippen LogP contribution in [0.3, 0.4) is 0 Å². The van der Waals surface area contributed by atoms with Crippen molar-refractivity contribution < 1.29 is 19.1 Å². The van der Waals surface area contributed by atoms with E-state index in [1.54, 1.807) is 0 Å². The molecule has 0 spiro atoms. The molecule has 7 nitrogen and oxygen atoms in total. The minimum atomic E-state index is -0.498. The zero-order valence-electron chi connectivity index (χ0n) is 12.4. The maximum absolute atomic E-state index is 11.7. The van der Waals surface area contributed by atoms with Crippen molar-refractivity contribution in [3.8, 4) is 0 Å². The van der Waals surface area contributed by atoms with Gasteiger partial charge in [0.15, 0.2) is 0 Å². The Morgan fingerprint density at radius 1 is 1.30 bits per heavy atom. The summed E-state index contributed by atoms with van der Waals surface area (Å²) in [6.45, 7) is 6.79. The van der Waals surface area contributed by atoms with Crippen LogP contribution in [-0.2, 0) is 14.3 Å². The summed E-state index contributed by atoms with van der Waals surface area (Å²) in [5.74, 6) is -0.698. The van der Waals surface area contributed by atoms with E-state index in [0.29, 0.717) is 13.1 Å². The first-order chi connectivity index (χ1) is 9.33. The minimum absolute atomic E-state index is 0.0293. The van der Waals surface area contributed by atoms with Crippen LogP contribution in [0.1, 0.15) is 20.8 Å². The number of esters is 1. The van der Waals surface area contributed by atoms with Gasteiger partial charge in [0.2, 0.25) is 5.91 Å². The highest BCUT2D eigenvalue weighted by atomic mass is 16.5. The normalized spacial score (nSPS) is 22.6. The summed E-state index contributed by atoms with van der Waals surface area (Å²) in [7, 11) is 1.36. The monoisotopic (exact) mass is 285 g/mol. The zero-order chi connectivity index (χ0) is 15.3. The largest absolute Gasteiger partial charge is 0.469 e. The number of carbonyl (C=O) groups is 3. The molecule has 0 aromatic carbocycles. The lowest BCUT2D eigenvalue weighted by atomic mass is 9.99. The van der Waals surface area contributed by atoms with E-state index in [0.717, 1.165) is 0 Å². The maximum Gasteiger partial charge on any atom is 0.321 e. The number of rotatable bonds is 4. The van der Waals surface area contributed by atoms with Gasteiger partial charge >= 0.3 is 12.0 Å². The highest BCUT2D eigenvalue weighted by Gasteiger charge is 2.36. The second-order valence-electron chi connectivity index (χ2n) is 5.48. The molecule has 1 heterocycles. The van der Waals surface area contributed by atoms with Gasteiger partial charge in [0.25, 0.3) is 0 Å². The third-order valence-corrected chi connectivity index (χ3v) is 3.23. The van der Waals surface area contributed by atoms with Crippen LogP contribution in [-0.4, -0.2) is 55.6 Å². The van der Waals surface area contributed by atoms with Crippen LogP contribution >= 0.6 is 0 Å². The molecule has 1 saturated heterocycles. The van der Waals surface area contributed by atoms with E-state index < -0.39 is 6.03 Å². The van der Waals surface area contributed by atoms with E-state index in [4.69, 9.17) is 4.74 Å². The van der Waals surface area contributed by atoms with Crippen molar-refractivity contribution in [1.82, 2.24) is 15.5 Å². The molecule has 0 aromatic heterocycles. The van der Waals surface area contributed by atoms with Crippen molar-refractivity contribution in [3.05, 3.63) is 0 Å². The number of imide groups is 1. The molecule has 114 valence electrons. The number of hydrogen-bond acceptors (Lipinski definition) is 5. The fourth-order valence-corrected chi connectivity index (χ4v) is 2.32. The molecule has 20 heavy (non-hydrogen) atoms. The number of amides is 3. The predicted molar refractivity (Wildman–Crippen MR) is 72.9 cm³/mol. The minimum Gasteiger partial charge on any atom is -0.469 e. The Balaban J connectivity index is 2.40. The first-order valence-electron chi connectivity index (χ1n) is 6.74. The van der Waals surface area contributed by atoms with Crippen molar-refractivity contribution in [3.63, 3.8) is 0 Å². The van der Waals surface area contributed by atoms with Gasteiger partial charge in [0.05, 0.1) is 19.6 Å². The van der Waals surface area contributed by atoms with Crippen LogP contribution in [0.15, 0.2) is 0 Å². The van der Waals surface area contributed by atoms with Crippen LogP contribution in [0.25, 0.3) is 0 Å². The number of hydrogen-bond donors (Lipinski definition) is 2. The quantitative estimate of drug-likeness (QED) is 0.708. The highest BCUT2D eigenvalue weighted by Crippen LogP contribution is 2.23. The zero-order valence-corrected chi connectivity index (χ0v) is 12.4. The van der Waals surface area contributed by atoms with Crippen LogP contribution in [0.5, 0.6) is 0 Å². The topological polar surface area (TPSA) is 87.7 Å². The number of likely N-dealkylation sites (tertiary alicyclic amines) is 1. The van der Waals surface area contributed by atoms with Gasteiger partial charge in [0.1, 0.15) is 0 Å². The van der Waals surface area contributed by atoms with E-state index in [1.807, 2.05) is 25.7 Å². The SMILES string of the molecule is COC(=O)C1CN(CC(=O)NC(=O)NC(C)C)CC1C. The lowest BCUT2D eigenvalue weighted by molar-refractivity contribution is -0.146. The van der Waals surface area contributed by atoms with Gasteiger partial charge in [0, 0.05) is 19.1 Å². The lowest BCUT2D eigenvalue weighted by Crippen LogP contribution is -2.46. The summed E-state index contributed by atoms with van der Waals surface area (Å²) in [5, 5.41) is 4.84. The summed E-state index contributed by atoms with van der Waals surface area (Å²) in [4.78, 5) is 36.5. The van der Waals surface area contributed by atoms with E-state index >= 15 is 0 Å². The summed E-state index contributed by atoms with van der Waals surface area (Å²) in [6.07, 6.45) is 0. The molecule has 0 aliphatic carbocycles. The fraction of sp³-hybridized carbons (Fsp3) is 0.769. The Kier molecular flexibility index (Phi) is 5.94. The Bertz CT molecular complexity index is 384. The van der Waals surface area contributed by atoms with E-state index in [2.05, 4.69) is 10.6 Å². The van der Waals surface area contributed by atoms with Gasteiger partial charge < -0.3 is 10.1 Å². The number of nitrogens with zero attached hydrogens (tertiary/aromatic N) is 1. The third-order valence-electron chi connectivity index (χ3n) is 3.23. The second-order valence-corrected chi connectivity index (χ2v) is 5.48. The van der Waals surface area contributed by atoms with Gasteiger partial charge in [-0.3, -0.25) is 19.8 Å². The predicted octanol–water partition coefficient (Wildman–Crippen LogP) is -0.0385. The number of nitrogens with one attached hydrogen (secondary N) is 2. The number of methoxy groups -OCH3 is 1. The maximum atomic E-state index is 11.7. The molecule has 0 aromatic rings. The average Bonchev–Trinajstić information content (AvgIpc) is 2.67. The molecule has 1 aliphatic heterocycles. The lowest BCUT2D eigenvalue weighted by Gasteiger charge is -2.15. The Hall–Kier alpha value is -1.63. The standard InChI is InChI=1S/C13H23N3O4/c1-8(2)14-13(19)15-11(17)7-16-5-9(3)10(6-16)12(18)20-4/h8-10H,5-7H2,1-4H3,(H2,14,15,17,19). The molecule has 2 atom stereocenters. The smallest absolute Gasteiger partial charge is 0.321 e. The summed E-state index contributed by atoms with van der Waals surface area (Å²) < 4.78 is 4.74. The van der Waals surface area contributed by atoms with E-state index in [1.165, 1.54) is 7.11 Å². The molecule has 1 rings (SSSR count). The highest BCUT2D eigenvalue weighted by molar-refractivity contribution is 5.95. The number of urea groups is 1. The van der Waals surface area contributed by atoms with Crippen LogP contribution in [0, 0.1) is 11.8 Å². The molecule has 2 N–H and O–H groups in total. The fourth-order valence-electron chi connectivity index (χ4n) is 2.32. The molecule has 7 heteroatoms. The number of ether oxygens (including phenoxy) is 1. The number of carbonyl (C=O) groups excluding carboxylic acids is 3. The van der Waals surface area contributed by atoms with Gasteiger partial charge in [-0.2, -0.15) is 0 Å². The van der Waals surface area contributed by atoms with Gasteiger partial charge in [-0.15, -0.1) is 0 Å². The Morgan fingerprint density at radius 2 is 1.95 bits per heavy atom. The molecule has 2 unspecified atom stereocenters. The Labute approximate surface area is 119 Å². The molecule has 1 aliphatic rings. The molecule has 0 saturated carbocycles. The van der Waals surface area contributed by atoms with E-state index in [-0.39, 0.29) is 36.3 Å². The third kappa shape index (κ3) is 4.80. The van der Waals surface area contributed by atoms with Gasteiger partial charge in [-0.1, -0.05) is 6.92 Å². The molecule has 0 radical (unpaired) electrons. The summed E-state index contributed by atoms with van der Waals surface area (Å²) in [6, 6.07) is -0.528. The van der Waals surface area contributed by atoms with Crippen LogP contribution < -0.4 is 10.6 Å².